The van der Waals surface area contributed by atoms with Gasteiger partial charge in [0.05, 0.1) is 25.6 Å². The second-order valence-electron chi connectivity index (χ2n) is 40.1. The predicted molar refractivity (Wildman–Crippen MR) is 438 cm³/mol. The van der Waals surface area contributed by atoms with Crippen molar-refractivity contribution in [2.75, 3.05) is 25.6 Å². The molecule has 1 fully saturated rings. The molecule has 0 aliphatic carbocycles. The van der Waals surface area contributed by atoms with Crippen molar-refractivity contribution in [2.24, 2.45) is 0 Å². The molecule has 0 aromatic carbocycles. The maximum Gasteiger partial charge on any atom is 0.318 e. The Morgan fingerprint density at radius 2 is 0.381 bits per heavy atom. The number of ether oxygens (including phenoxy) is 9. The number of rotatable bonds is 44. The second kappa shape index (κ2) is 44.0. The van der Waals surface area contributed by atoms with E-state index in [-0.39, 0.29) is 57.8 Å². The number of nitrogens with one attached hydrogen (secondary N) is 4. The fourth-order valence-electron chi connectivity index (χ4n) is 12.8. The summed E-state index contributed by atoms with van der Waals surface area (Å²) < 4.78 is 113. The standard InChI is InChI=1S/C83H145N5O28S2/c1-71(2,3)106-61(92)33-45-80(46-34-62(93)107-72(4,5)6,47-35-63(94)108-73(7,8)9)84-58(89)30-42-83(87-70(101)88-54-56(115-117(28,102)103)57(55-88)116-118(29,104)105,43-31-59(90)85-81(48-36-64(95)109-74(10,11)12,49-37-65(96)110-75(13,14)15)50-38-66(97)111-76(16,17)18)44-32-60(91)86-82(51-39-67(98)112-77(19,20)21,52-40-68(99)113-78(22,23)24)53-41-69(100)114-79(25,26)27/h56-57H,30-55H2,1-29H3,(H,84,89)(H,85,90)(H,86,91)(H,87,101)/t56-,57-/m0/s1. The van der Waals surface area contributed by atoms with E-state index in [0.717, 1.165) is 4.90 Å². The molecule has 0 saturated carbocycles. The first-order valence-electron chi connectivity index (χ1n) is 40.6. The van der Waals surface area contributed by atoms with E-state index in [9.17, 15) is 60.0 Å². The van der Waals surface area contributed by atoms with Gasteiger partial charge in [-0.15, -0.1) is 0 Å². The quantitative estimate of drug-likeness (QED) is 0.0250. The monoisotopic (exact) mass is 1720 g/mol. The zero-order valence-corrected chi connectivity index (χ0v) is 77.9. The Morgan fingerprint density at radius 1 is 0.246 bits per heavy atom. The van der Waals surface area contributed by atoms with E-state index in [1.165, 1.54) is 0 Å². The van der Waals surface area contributed by atoms with Gasteiger partial charge in [-0.1, -0.05) is 0 Å². The number of hydrogen-bond acceptors (Lipinski definition) is 28. The molecule has 1 heterocycles. The summed E-state index contributed by atoms with van der Waals surface area (Å²) >= 11 is 0. The lowest BCUT2D eigenvalue weighted by Crippen LogP contribution is -2.56. The number of nitrogens with zero attached hydrogens (tertiary/aromatic N) is 1. The molecule has 1 saturated heterocycles. The number of esters is 9. The first-order valence-corrected chi connectivity index (χ1v) is 44.2. The zero-order valence-electron chi connectivity index (χ0n) is 76.2. The second-order valence-corrected chi connectivity index (χ2v) is 43.3. The normalized spacial score (nSPS) is 15.2. The van der Waals surface area contributed by atoms with Crippen LogP contribution in [0.15, 0.2) is 0 Å². The number of urea groups is 1. The highest BCUT2D eigenvalue weighted by molar-refractivity contribution is 7.86. The van der Waals surface area contributed by atoms with Crippen LogP contribution >= 0.6 is 0 Å². The predicted octanol–water partition coefficient (Wildman–Crippen LogP) is 11.4. The molecule has 1 aliphatic rings. The van der Waals surface area contributed by atoms with E-state index in [4.69, 9.17) is 51.0 Å². The van der Waals surface area contributed by atoms with Crippen molar-refractivity contribution in [3.05, 3.63) is 0 Å². The van der Waals surface area contributed by atoms with Crippen LogP contribution in [0.4, 0.5) is 4.79 Å². The van der Waals surface area contributed by atoms with Gasteiger partial charge in [-0.3, -0.25) is 65.9 Å². The van der Waals surface area contributed by atoms with E-state index in [0.29, 0.717) is 12.5 Å². The van der Waals surface area contributed by atoms with Gasteiger partial charge < -0.3 is 68.8 Å². The van der Waals surface area contributed by atoms with E-state index >= 15 is 19.2 Å². The van der Waals surface area contributed by atoms with Gasteiger partial charge in [0.15, 0.2) is 0 Å². The summed E-state index contributed by atoms with van der Waals surface area (Å²) in [6.45, 7) is 42.9. The molecule has 1 aliphatic heterocycles. The smallest absolute Gasteiger partial charge is 0.318 e. The summed E-state index contributed by atoms with van der Waals surface area (Å²) in [7, 11) is -8.87. The lowest BCUT2D eigenvalue weighted by atomic mass is 9.80. The number of amides is 5. The van der Waals surface area contributed by atoms with Crippen LogP contribution in [0, 0.1) is 0 Å². The molecular weight excluding hydrogens is 1580 g/mol. The van der Waals surface area contributed by atoms with Crippen molar-refractivity contribution in [2.45, 2.75) is 426 Å². The van der Waals surface area contributed by atoms with Gasteiger partial charge in [-0.2, -0.15) is 16.8 Å². The molecule has 2 atom stereocenters. The summed E-state index contributed by atoms with van der Waals surface area (Å²) in [5.74, 6) is -9.10. The Morgan fingerprint density at radius 3 is 0.517 bits per heavy atom. The third-order valence-corrected chi connectivity index (χ3v) is 18.4. The van der Waals surface area contributed by atoms with Crippen molar-refractivity contribution in [1.82, 2.24) is 26.2 Å². The lowest BCUT2D eigenvalue weighted by molar-refractivity contribution is -0.158. The molecule has 0 bridgehead atoms. The average Bonchev–Trinajstić information content (AvgIpc) is 1.60. The van der Waals surface area contributed by atoms with Crippen LogP contribution in [0.3, 0.4) is 0 Å². The number of hydrogen-bond donors (Lipinski definition) is 4. The molecular formula is C83H145N5O28S2. The Balaban J connectivity index is 5.03. The maximum absolute atomic E-state index is 15.6. The fourth-order valence-corrected chi connectivity index (χ4v) is 14.1. The van der Waals surface area contributed by atoms with Crippen LogP contribution in [0.2, 0.25) is 0 Å². The van der Waals surface area contributed by atoms with Crippen molar-refractivity contribution >= 4 is 97.7 Å². The summed E-state index contributed by atoms with van der Waals surface area (Å²) in [6.07, 6.45) is -11.8. The molecule has 0 aromatic rings. The number of carbonyl (C=O) groups excluding carboxylic acids is 13. The zero-order chi connectivity index (χ0) is 91.7. The van der Waals surface area contributed by atoms with Crippen molar-refractivity contribution in [3.8, 4) is 0 Å². The summed E-state index contributed by atoms with van der Waals surface area (Å²) in [4.78, 5) is 188. The van der Waals surface area contributed by atoms with Gasteiger partial charge in [0, 0.05) is 99.2 Å². The molecule has 5 amide bonds. The fraction of sp³-hybridized carbons (Fsp3) is 0.843. The molecule has 0 aromatic heterocycles. The molecule has 682 valence electrons. The summed E-state index contributed by atoms with van der Waals surface area (Å²) in [5.41, 5.74) is -16.1. The highest BCUT2D eigenvalue weighted by Crippen LogP contribution is 2.36. The Hall–Kier alpha value is -7.27. The van der Waals surface area contributed by atoms with Gasteiger partial charge in [-0.05, 0) is 264 Å². The minimum absolute atomic E-state index is 0.265. The topological polar surface area (TPSA) is 443 Å². The van der Waals surface area contributed by atoms with Crippen LogP contribution in [0.1, 0.15) is 341 Å². The molecule has 4 N–H and O–H groups in total. The Bertz CT molecular complexity index is 3090. The van der Waals surface area contributed by atoms with Gasteiger partial charge >= 0.3 is 59.8 Å². The number of likely N-dealkylation sites (tertiary alicyclic amines) is 1. The SMILES string of the molecule is CC(C)(C)OC(=O)CCC(CCC(=O)OC(C)(C)C)(CCC(=O)OC(C)(C)C)NC(=O)CCC(CCC(=O)NC(CCC(=O)OC(C)(C)C)(CCC(=O)OC(C)(C)C)CCC(=O)OC(C)(C)C)(CCC(=O)NC(CCC(=O)OC(C)(C)C)(CCC(=O)OC(C)(C)C)CCC(=O)OC(C)(C)C)NC(=O)N1C[C@H](OS(C)(=O)=O)[C@@H](OS(C)(=O)=O)C1. The van der Waals surface area contributed by atoms with Crippen LogP contribution in [-0.4, -0.2) is 210 Å². The first-order chi connectivity index (χ1) is 52.9. The first kappa shape index (κ1) is 109. The minimum Gasteiger partial charge on any atom is -0.460 e. The van der Waals surface area contributed by atoms with Gasteiger partial charge in [-0.25, -0.2) is 4.79 Å². The van der Waals surface area contributed by atoms with Crippen molar-refractivity contribution < 1.29 is 130 Å². The molecule has 0 radical (unpaired) electrons. The van der Waals surface area contributed by atoms with Crippen LogP contribution in [0.5, 0.6) is 0 Å². The van der Waals surface area contributed by atoms with E-state index < -0.39 is 292 Å². The van der Waals surface area contributed by atoms with E-state index in [1.54, 1.807) is 187 Å². The molecule has 35 heteroatoms. The largest absolute Gasteiger partial charge is 0.460 e. The van der Waals surface area contributed by atoms with E-state index in [1.807, 2.05) is 0 Å². The van der Waals surface area contributed by atoms with Crippen LogP contribution in [0.25, 0.3) is 0 Å². The maximum atomic E-state index is 15.6. The average molecular weight is 1730 g/mol. The molecule has 118 heavy (non-hydrogen) atoms. The van der Waals surface area contributed by atoms with E-state index in [2.05, 4.69) is 21.3 Å². The molecule has 0 spiro atoms. The van der Waals surface area contributed by atoms with Gasteiger partial charge in [0.25, 0.3) is 20.2 Å². The Kier molecular flexibility index (Phi) is 40.5. The highest BCUT2D eigenvalue weighted by atomic mass is 32.2. The molecule has 33 nitrogen and oxygen atoms in total. The Labute approximate surface area is 702 Å². The molecule has 1 rings (SSSR count). The molecule has 0 unspecified atom stereocenters. The van der Waals surface area contributed by atoms with Crippen LogP contribution in [-0.2, 0) is 129 Å². The summed E-state index contributed by atoms with van der Waals surface area (Å²) in [5, 5.41) is 12.0. The van der Waals surface area contributed by atoms with Gasteiger partial charge in [0.1, 0.15) is 62.6 Å². The third-order valence-electron chi connectivity index (χ3n) is 17.2. The minimum atomic E-state index is -4.43. The number of carbonyl (C=O) groups is 13. The lowest BCUT2D eigenvalue weighted by Gasteiger charge is -2.40. The highest BCUT2D eigenvalue weighted by Gasteiger charge is 2.46. The van der Waals surface area contributed by atoms with Crippen molar-refractivity contribution in [3.63, 3.8) is 0 Å². The van der Waals surface area contributed by atoms with Crippen LogP contribution < -0.4 is 21.3 Å². The summed E-state index contributed by atoms with van der Waals surface area (Å²) in [6, 6.07) is -1.13. The van der Waals surface area contributed by atoms with Gasteiger partial charge in [0.2, 0.25) is 17.7 Å². The van der Waals surface area contributed by atoms with Crippen molar-refractivity contribution in [1.29, 1.82) is 0 Å². The third kappa shape index (κ3) is 52.0.